The van der Waals surface area contributed by atoms with E-state index in [9.17, 15) is 4.79 Å². The summed E-state index contributed by atoms with van der Waals surface area (Å²) in [7, 11) is 3.88. The van der Waals surface area contributed by atoms with E-state index in [-0.39, 0.29) is 18.4 Å². The van der Waals surface area contributed by atoms with E-state index in [1.807, 2.05) is 55.4 Å². The van der Waals surface area contributed by atoms with Gasteiger partial charge >= 0.3 is 0 Å². The highest BCUT2D eigenvalue weighted by atomic mass is 16.1. The van der Waals surface area contributed by atoms with Gasteiger partial charge in [-0.2, -0.15) is 10.2 Å². The number of nitrogens with one attached hydrogen (secondary N) is 2. The van der Waals surface area contributed by atoms with Crippen LogP contribution in [0.3, 0.4) is 0 Å². The number of aromatic nitrogens is 5. The molecule has 0 saturated heterocycles. The molecule has 0 saturated carbocycles. The zero-order chi connectivity index (χ0) is 19.7. The van der Waals surface area contributed by atoms with E-state index >= 15 is 0 Å². The van der Waals surface area contributed by atoms with Gasteiger partial charge in [-0.3, -0.25) is 15.0 Å². The van der Waals surface area contributed by atoms with E-state index < -0.39 is 0 Å². The summed E-state index contributed by atoms with van der Waals surface area (Å²) >= 11 is 0. The van der Waals surface area contributed by atoms with Crippen molar-refractivity contribution in [1.29, 1.82) is 0 Å². The number of benzene rings is 2. The summed E-state index contributed by atoms with van der Waals surface area (Å²) in [6.07, 6.45) is 1.74. The number of hydrogen-bond donors (Lipinski definition) is 3. The maximum absolute atomic E-state index is 11.5. The molecule has 4 N–H and O–H groups in total. The maximum atomic E-state index is 11.5. The SMILES string of the molecule is CN(C)C(CC(N)=O)c1cccc(-c2n[nH]c3ccc(-c4ncn[nH]4)cc23)c1. The van der Waals surface area contributed by atoms with E-state index in [0.29, 0.717) is 5.82 Å². The summed E-state index contributed by atoms with van der Waals surface area (Å²) in [6, 6.07) is 13.9. The number of carbonyl (C=O) groups is 1. The van der Waals surface area contributed by atoms with Crippen LogP contribution >= 0.6 is 0 Å². The lowest BCUT2D eigenvalue weighted by Gasteiger charge is -2.23. The Hall–Kier alpha value is -3.52. The number of amides is 1. The molecule has 8 nitrogen and oxygen atoms in total. The third-order valence-corrected chi connectivity index (χ3v) is 4.81. The normalized spacial score (nSPS) is 12.5. The van der Waals surface area contributed by atoms with Gasteiger partial charge in [-0.05, 0) is 43.9 Å². The molecule has 4 aromatic rings. The molecule has 28 heavy (non-hydrogen) atoms. The monoisotopic (exact) mass is 375 g/mol. The van der Waals surface area contributed by atoms with Crippen LogP contribution in [0.1, 0.15) is 18.0 Å². The third kappa shape index (κ3) is 3.37. The predicted molar refractivity (Wildman–Crippen MR) is 107 cm³/mol. The Morgan fingerprint density at radius 3 is 2.71 bits per heavy atom. The molecule has 8 heteroatoms. The van der Waals surface area contributed by atoms with Crippen molar-refractivity contribution in [2.45, 2.75) is 12.5 Å². The number of fused-ring (bicyclic) bond motifs is 1. The Morgan fingerprint density at radius 2 is 2.00 bits per heavy atom. The highest BCUT2D eigenvalue weighted by Crippen LogP contribution is 2.32. The standard InChI is InChI=1S/C20H21N7O/c1-27(2)17(10-18(21)28)12-4-3-5-13(8-12)19-15-9-14(20-22-11-23-26-20)6-7-16(15)24-25-19/h3-9,11,17H,10H2,1-2H3,(H2,21,28)(H,24,25)(H,22,23,26). The Kier molecular flexibility index (Phi) is 4.62. The fraction of sp³-hybridized carbons (Fsp3) is 0.200. The molecule has 142 valence electrons. The number of primary amides is 1. The minimum atomic E-state index is -0.328. The van der Waals surface area contributed by atoms with Crippen LogP contribution in [0.2, 0.25) is 0 Å². The third-order valence-electron chi connectivity index (χ3n) is 4.81. The molecule has 1 unspecified atom stereocenters. The van der Waals surface area contributed by atoms with Crippen LogP contribution in [0, 0.1) is 0 Å². The van der Waals surface area contributed by atoms with E-state index in [0.717, 1.165) is 33.3 Å². The number of hydrogen-bond acceptors (Lipinski definition) is 5. The molecule has 1 amide bonds. The van der Waals surface area contributed by atoms with Gasteiger partial charge in [0.2, 0.25) is 5.91 Å². The van der Waals surface area contributed by atoms with Crippen LogP contribution in [0.4, 0.5) is 0 Å². The second-order valence-electron chi connectivity index (χ2n) is 6.94. The van der Waals surface area contributed by atoms with E-state index in [1.54, 1.807) is 0 Å². The summed E-state index contributed by atoms with van der Waals surface area (Å²) in [4.78, 5) is 17.7. The van der Waals surface area contributed by atoms with Gasteiger partial charge in [0, 0.05) is 29.0 Å². The van der Waals surface area contributed by atoms with E-state index in [2.05, 4.69) is 31.4 Å². The topological polar surface area (TPSA) is 117 Å². The van der Waals surface area contributed by atoms with Gasteiger partial charge in [-0.15, -0.1) is 0 Å². The number of nitrogens with two attached hydrogens (primary N) is 1. The summed E-state index contributed by atoms with van der Waals surface area (Å²) in [5, 5.41) is 15.4. The molecule has 0 fully saturated rings. The average molecular weight is 375 g/mol. The first kappa shape index (κ1) is 17.9. The van der Waals surface area contributed by atoms with E-state index in [1.165, 1.54) is 6.33 Å². The molecular formula is C20H21N7O. The van der Waals surface area contributed by atoms with Crippen LogP contribution in [0.5, 0.6) is 0 Å². The zero-order valence-corrected chi connectivity index (χ0v) is 15.7. The molecule has 2 aromatic carbocycles. The molecule has 0 bridgehead atoms. The maximum Gasteiger partial charge on any atom is 0.219 e. The van der Waals surface area contributed by atoms with Gasteiger partial charge in [-0.1, -0.05) is 18.2 Å². The molecule has 2 aromatic heterocycles. The van der Waals surface area contributed by atoms with Crippen molar-refractivity contribution >= 4 is 16.8 Å². The van der Waals surface area contributed by atoms with Gasteiger partial charge in [-0.25, -0.2) is 4.98 Å². The van der Waals surface area contributed by atoms with Crippen molar-refractivity contribution in [1.82, 2.24) is 30.3 Å². The van der Waals surface area contributed by atoms with Crippen LogP contribution in [-0.2, 0) is 4.79 Å². The summed E-state index contributed by atoms with van der Waals surface area (Å²) in [5.41, 5.74) is 10.1. The fourth-order valence-corrected chi connectivity index (χ4v) is 3.41. The first-order valence-corrected chi connectivity index (χ1v) is 8.92. The smallest absolute Gasteiger partial charge is 0.219 e. The zero-order valence-electron chi connectivity index (χ0n) is 15.7. The predicted octanol–water partition coefficient (Wildman–Crippen LogP) is 2.49. The first-order chi connectivity index (χ1) is 13.5. The van der Waals surface area contributed by atoms with Gasteiger partial charge in [0.15, 0.2) is 5.82 Å². The van der Waals surface area contributed by atoms with Gasteiger partial charge in [0.1, 0.15) is 6.33 Å². The number of rotatable bonds is 6. The van der Waals surface area contributed by atoms with Crippen LogP contribution in [0.15, 0.2) is 48.8 Å². The summed E-state index contributed by atoms with van der Waals surface area (Å²) in [5.74, 6) is 0.378. The average Bonchev–Trinajstić information content (AvgIpc) is 3.35. The van der Waals surface area contributed by atoms with Crippen molar-refractivity contribution in [3.63, 3.8) is 0 Å². The first-order valence-electron chi connectivity index (χ1n) is 8.92. The summed E-state index contributed by atoms with van der Waals surface area (Å²) in [6.45, 7) is 0. The van der Waals surface area contributed by atoms with Gasteiger partial charge in [0.05, 0.1) is 11.2 Å². The lowest BCUT2D eigenvalue weighted by molar-refractivity contribution is -0.119. The van der Waals surface area contributed by atoms with Gasteiger partial charge in [0.25, 0.3) is 0 Å². The van der Waals surface area contributed by atoms with E-state index in [4.69, 9.17) is 5.73 Å². The Morgan fingerprint density at radius 1 is 1.14 bits per heavy atom. The van der Waals surface area contributed by atoms with Crippen molar-refractivity contribution in [2.75, 3.05) is 14.1 Å². The number of nitrogens with zero attached hydrogens (tertiary/aromatic N) is 4. The van der Waals surface area contributed by atoms with Crippen LogP contribution in [-0.4, -0.2) is 50.3 Å². The lowest BCUT2D eigenvalue weighted by atomic mass is 9.97. The quantitative estimate of drug-likeness (QED) is 0.479. The Balaban J connectivity index is 1.78. The largest absolute Gasteiger partial charge is 0.370 e. The van der Waals surface area contributed by atoms with Crippen molar-refractivity contribution in [3.05, 3.63) is 54.4 Å². The molecule has 4 rings (SSSR count). The highest BCUT2D eigenvalue weighted by Gasteiger charge is 2.18. The van der Waals surface area contributed by atoms with Crippen LogP contribution in [0.25, 0.3) is 33.5 Å². The number of carbonyl (C=O) groups excluding carboxylic acids is 1. The molecule has 0 radical (unpaired) electrons. The highest BCUT2D eigenvalue weighted by molar-refractivity contribution is 5.95. The van der Waals surface area contributed by atoms with Crippen molar-refractivity contribution in [2.24, 2.45) is 5.73 Å². The Bertz CT molecular complexity index is 1110. The van der Waals surface area contributed by atoms with Crippen molar-refractivity contribution in [3.8, 4) is 22.6 Å². The Labute approximate surface area is 161 Å². The molecule has 1 atom stereocenters. The second kappa shape index (κ2) is 7.24. The molecule has 0 aliphatic rings. The van der Waals surface area contributed by atoms with Gasteiger partial charge < -0.3 is 10.6 Å². The van der Waals surface area contributed by atoms with Crippen LogP contribution < -0.4 is 5.73 Å². The lowest BCUT2D eigenvalue weighted by Crippen LogP contribution is -2.25. The molecule has 0 spiro atoms. The van der Waals surface area contributed by atoms with Crippen molar-refractivity contribution < 1.29 is 4.79 Å². The molecular weight excluding hydrogens is 354 g/mol. The minimum Gasteiger partial charge on any atom is -0.370 e. The fourth-order valence-electron chi connectivity index (χ4n) is 3.41. The number of H-pyrrole nitrogens is 2. The molecule has 0 aliphatic carbocycles. The second-order valence-corrected chi connectivity index (χ2v) is 6.94. The minimum absolute atomic E-state index is 0.0904. The summed E-state index contributed by atoms with van der Waals surface area (Å²) < 4.78 is 0. The number of aromatic amines is 2. The molecule has 2 heterocycles. The molecule has 0 aliphatic heterocycles.